The number of nitrogens with zero attached hydrogens (tertiary/aromatic N) is 4. The number of nitrogens with one attached hydrogen (secondary N) is 2. The van der Waals surface area contributed by atoms with E-state index < -0.39 is 0 Å². The Morgan fingerprint density at radius 2 is 0.853 bits per heavy atom. The summed E-state index contributed by atoms with van der Waals surface area (Å²) in [4.78, 5) is 26.3. The van der Waals surface area contributed by atoms with Crippen molar-refractivity contribution in [1.82, 2.24) is 0 Å². The minimum absolute atomic E-state index is 0.00355. The zero-order valence-corrected chi connectivity index (χ0v) is 39.0. The predicted octanol–water partition coefficient (Wildman–Crippen LogP) is 15.1. The lowest BCUT2D eigenvalue weighted by Crippen LogP contribution is -2.24. The van der Waals surface area contributed by atoms with E-state index in [1.807, 2.05) is 60.7 Å². The molecule has 12 nitrogen and oxygen atoms in total. The number of aromatic hydroxyl groups is 4. The molecule has 7 aromatic carbocycles. The standard InChI is InChI=1S/C22H26N2O2.2C12H10N2O2.C10H14/c1-3-5-13-23-17-11-12-18(24-14-6-4-2)20-19(17)21(25)15-9-7-8-10-16(15)22(20)26;2*15-10-6-7-11(12(16)8-10)14-13-9-4-2-1-3-5-9;1-3-9(2)10-7-5-4-6-8-10/h7-12,23-24H,3-6,13-14H2,1-2H3;2*1-8,15-16H;4-9H,3H2,1-2H3. The Labute approximate surface area is 398 Å². The number of rotatable bonds is 14. The molecule has 0 heterocycles. The maximum atomic E-state index is 13.2. The molecule has 68 heavy (non-hydrogen) atoms. The number of ketones is 2. The second-order valence-corrected chi connectivity index (χ2v) is 15.8. The molecule has 0 spiro atoms. The Bertz CT molecular complexity index is 2580. The topological polar surface area (TPSA) is 189 Å². The van der Waals surface area contributed by atoms with Crippen LogP contribution in [-0.2, 0) is 0 Å². The molecule has 8 rings (SSSR count). The number of benzene rings is 7. The van der Waals surface area contributed by atoms with Gasteiger partial charge in [-0.15, -0.1) is 10.2 Å². The molecule has 0 aromatic heterocycles. The van der Waals surface area contributed by atoms with Crippen molar-refractivity contribution >= 4 is 45.7 Å². The fourth-order valence-corrected chi connectivity index (χ4v) is 6.74. The van der Waals surface area contributed by atoms with Crippen molar-refractivity contribution in [2.45, 2.75) is 65.7 Å². The monoisotopic (exact) mass is 912 g/mol. The quantitative estimate of drug-likeness (QED) is 0.0459. The summed E-state index contributed by atoms with van der Waals surface area (Å²) >= 11 is 0. The highest BCUT2D eigenvalue weighted by Crippen LogP contribution is 2.37. The smallest absolute Gasteiger partial charge is 0.196 e. The maximum absolute atomic E-state index is 13.2. The third kappa shape index (κ3) is 15.0. The van der Waals surface area contributed by atoms with E-state index in [0.29, 0.717) is 50.9 Å². The largest absolute Gasteiger partial charge is 0.508 e. The fraction of sp³-hybridized carbons (Fsp3) is 0.214. The number of phenolic OH excluding ortho intramolecular Hbond substituents is 4. The van der Waals surface area contributed by atoms with Crippen molar-refractivity contribution in [3.63, 3.8) is 0 Å². The van der Waals surface area contributed by atoms with E-state index in [1.165, 1.54) is 48.4 Å². The first-order valence-corrected chi connectivity index (χ1v) is 22.9. The number of phenols is 4. The Balaban J connectivity index is 0.000000179. The van der Waals surface area contributed by atoms with Crippen LogP contribution in [0.1, 0.15) is 103 Å². The van der Waals surface area contributed by atoms with E-state index in [2.05, 4.69) is 89.1 Å². The molecule has 0 aliphatic heterocycles. The van der Waals surface area contributed by atoms with Crippen LogP contribution in [-0.4, -0.2) is 45.1 Å². The molecule has 0 amide bonds. The van der Waals surface area contributed by atoms with Crippen LogP contribution in [0.15, 0.2) is 184 Å². The number of hydrogen-bond acceptors (Lipinski definition) is 12. The van der Waals surface area contributed by atoms with Crippen molar-refractivity contribution in [3.8, 4) is 23.0 Å². The molecule has 0 fully saturated rings. The van der Waals surface area contributed by atoms with E-state index in [0.717, 1.165) is 50.1 Å². The van der Waals surface area contributed by atoms with Gasteiger partial charge in [0.1, 0.15) is 34.4 Å². The lowest BCUT2D eigenvalue weighted by molar-refractivity contribution is 0.0980. The number of unbranched alkanes of at least 4 members (excludes halogenated alkanes) is 2. The minimum Gasteiger partial charge on any atom is -0.508 e. The zero-order chi connectivity index (χ0) is 48.7. The number of hydrogen-bond donors (Lipinski definition) is 6. The molecule has 1 atom stereocenters. The number of anilines is 2. The average molecular weight is 913 g/mol. The van der Waals surface area contributed by atoms with Crippen LogP contribution in [0, 0.1) is 0 Å². The lowest BCUT2D eigenvalue weighted by Gasteiger charge is -2.24. The number of carbonyl (C=O) groups is 2. The van der Waals surface area contributed by atoms with Crippen molar-refractivity contribution in [1.29, 1.82) is 0 Å². The minimum atomic E-state index is -0.0975. The normalized spacial score (nSPS) is 11.8. The number of carbonyl (C=O) groups excluding carboxylic acids is 2. The summed E-state index contributed by atoms with van der Waals surface area (Å²) in [5.74, 6) is 0.356. The number of azo groups is 2. The van der Waals surface area contributed by atoms with Gasteiger partial charge < -0.3 is 31.1 Å². The molecular weight excluding hydrogens is 853 g/mol. The van der Waals surface area contributed by atoms with E-state index in [1.54, 1.807) is 36.4 Å². The van der Waals surface area contributed by atoms with Gasteiger partial charge in [-0.25, -0.2) is 0 Å². The molecule has 6 N–H and O–H groups in total. The molecule has 350 valence electrons. The molecule has 7 aromatic rings. The van der Waals surface area contributed by atoms with E-state index in [-0.39, 0.29) is 34.6 Å². The Morgan fingerprint density at radius 3 is 1.22 bits per heavy atom. The molecule has 12 heteroatoms. The fourth-order valence-electron chi connectivity index (χ4n) is 6.74. The van der Waals surface area contributed by atoms with Gasteiger partial charge in [-0.3, -0.25) is 9.59 Å². The van der Waals surface area contributed by atoms with E-state index >= 15 is 0 Å². The molecule has 0 saturated carbocycles. The second-order valence-electron chi connectivity index (χ2n) is 15.8. The summed E-state index contributed by atoms with van der Waals surface area (Å²) in [5, 5.41) is 59.5. The Morgan fingerprint density at radius 1 is 0.471 bits per heavy atom. The van der Waals surface area contributed by atoms with Gasteiger partial charge in [0.25, 0.3) is 0 Å². The van der Waals surface area contributed by atoms with Gasteiger partial charge >= 0.3 is 0 Å². The first-order valence-electron chi connectivity index (χ1n) is 22.9. The summed E-state index contributed by atoms with van der Waals surface area (Å²) in [6.45, 7) is 10.3. The molecule has 0 saturated heterocycles. The van der Waals surface area contributed by atoms with Crippen LogP contribution in [0.2, 0.25) is 0 Å². The van der Waals surface area contributed by atoms with Crippen molar-refractivity contribution in [3.05, 3.63) is 192 Å². The lowest BCUT2D eigenvalue weighted by atomic mass is 9.82. The molecular formula is C56H60N6O6. The summed E-state index contributed by atoms with van der Waals surface area (Å²) in [7, 11) is 0. The molecule has 1 aliphatic carbocycles. The summed E-state index contributed by atoms with van der Waals surface area (Å²) in [6, 6.07) is 48.3. The first kappa shape index (κ1) is 50.9. The van der Waals surface area contributed by atoms with Crippen LogP contribution in [0.5, 0.6) is 23.0 Å². The summed E-state index contributed by atoms with van der Waals surface area (Å²) in [5.41, 5.74) is 7.00. The van der Waals surface area contributed by atoms with Gasteiger partial charge in [0.05, 0.1) is 22.5 Å². The van der Waals surface area contributed by atoms with Gasteiger partial charge in [-0.2, -0.15) is 10.2 Å². The predicted molar refractivity (Wildman–Crippen MR) is 272 cm³/mol. The van der Waals surface area contributed by atoms with Crippen molar-refractivity contribution < 1.29 is 30.0 Å². The highest BCUT2D eigenvalue weighted by atomic mass is 16.3. The Hall–Kier alpha value is -8.12. The van der Waals surface area contributed by atoms with Gasteiger partial charge in [0, 0.05) is 47.7 Å². The Kier molecular flexibility index (Phi) is 20.0. The van der Waals surface area contributed by atoms with Gasteiger partial charge in [0.15, 0.2) is 11.6 Å². The van der Waals surface area contributed by atoms with Gasteiger partial charge in [-0.05, 0) is 91.4 Å². The second kappa shape index (κ2) is 26.7. The van der Waals surface area contributed by atoms with Crippen molar-refractivity contribution in [2.75, 3.05) is 23.7 Å². The highest BCUT2D eigenvalue weighted by Gasteiger charge is 2.33. The third-order valence-corrected chi connectivity index (χ3v) is 10.7. The van der Waals surface area contributed by atoms with E-state index in [9.17, 15) is 19.8 Å². The van der Waals surface area contributed by atoms with Crippen molar-refractivity contribution in [2.24, 2.45) is 20.5 Å². The molecule has 1 unspecified atom stereocenters. The van der Waals surface area contributed by atoms with E-state index in [4.69, 9.17) is 10.2 Å². The summed E-state index contributed by atoms with van der Waals surface area (Å²) < 4.78 is 0. The highest BCUT2D eigenvalue weighted by molar-refractivity contribution is 6.31. The third-order valence-electron chi connectivity index (χ3n) is 10.7. The van der Waals surface area contributed by atoms with Gasteiger partial charge in [0.2, 0.25) is 0 Å². The average Bonchev–Trinajstić information content (AvgIpc) is 3.36. The molecule has 1 aliphatic rings. The maximum Gasteiger partial charge on any atom is 0.196 e. The van der Waals surface area contributed by atoms with Crippen LogP contribution < -0.4 is 10.6 Å². The molecule has 0 radical (unpaired) electrons. The summed E-state index contributed by atoms with van der Waals surface area (Å²) in [6.07, 6.45) is 5.40. The molecule has 0 bridgehead atoms. The first-order chi connectivity index (χ1) is 33.0. The number of fused-ring (bicyclic) bond motifs is 2. The van der Waals surface area contributed by atoms with Crippen LogP contribution in [0.3, 0.4) is 0 Å². The zero-order valence-electron chi connectivity index (χ0n) is 39.0. The van der Waals surface area contributed by atoms with Crippen LogP contribution in [0.4, 0.5) is 34.1 Å². The van der Waals surface area contributed by atoms with Crippen LogP contribution >= 0.6 is 0 Å². The SMILES string of the molecule is CCC(C)c1ccccc1.CCCCNc1ccc(NCCCC)c2c1C(=O)c1ccccc1C2=O.Oc1ccc(N=Nc2ccccc2)c(O)c1.Oc1ccc(N=Nc2ccccc2)c(O)c1. The van der Waals surface area contributed by atoms with Gasteiger partial charge in [-0.1, -0.05) is 132 Å². The van der Waals surface area contributed by atoms with Crippen LogP contribution in [0.25, 0.3) is 0 Å².